The Morgan fingerprint density at radius 2 is 1.88 bits per heavy atom. The van der Waals surface area contributed by atoms with Gasteiger partial charge in [0, 0.05) is 12.1 Å². The van der Waals surface area contributed by atoms with Crippen molar-refractivity contribution in [3.05, 3.63) is 33.9 Å². The Morgan fingerprint density at radius 1 is 1.33 bits per heavy atom. The van der Waals surface area contributed by atoms with Gasteiger partial charge in [-0.05, 0) is 12.0 Å². The maximum atomic E-state index is 13.0. The SMILES string of the molecule is CC(C)[C@H](NS(=O)(=O)c1ccc([N+](=O)[O-])cc1C(F)(F)F)C(=O)O. The molecule has 2 N–H and O–H groups in total. The summed E-state index contributed by atoms with van der Waals surface area (Å²) in [5, 5.41) is 19.6. The molecule has 24 heavy (non-hydrogen) atoms. The van der Waals surface area contributed by atoms with Crippen LogP contribution in [0, 0.1) is 16.0 Å². The average molecular weight is 370 g/mol. The zero-order valence-electron chi connectivity index (χ0n) is 12.4. The van der Waals surface area contributed by atoms with Crippen molar-refractivity contribution in [2.24, 2.45) is 5.92 Å². The van der Waals surface area contributed by atoms with Crippen LogP contribution in [-0.4, -0.2) is 30.5 Å². The van der Waals surface area contributed by atoms with E-state index in [0.717, 1.165) is 0 Å². The molecule has 1 aromatic carbocycles. The van der Waals surface area contributed by atoms with Gasteiger partial charge in [0.2, 0.25) is 10.0 Å². The number of non-ortho nitro benzene ring substituents is 1. The Hall–Kier alpha value is -2.21. The van der Waals surface area contributed by atoms with Gasteiger partial charge in [-0.25, -0.2) is 8.42 Å². The lowest BCUT2D eigenvalue weighted by molar-refractivity contribution is -0.385. The van der Waals surface area contributed by atoms with Crippen LogP contribution in [0.4, 0.5) is 18.9 Å². The molecule has 0 aliphatic carbocycles. The number of benzene rings is 1. The van der Waals surface area contributed by atoms with Crippen LogP contribution in [0.5, 0.6) is 0 Å². The largest absolute Gasteiger partial charge is 0.480 e. The monoisotopic (exact) mass is 370 g/mol. The summed E-state index contributed by atoms with van der Waals surface area (Å²) in [6, 6.07) is -0.566. The Labute approximate surface area is 134 Å². The third kappa shape index (κ3) is 4.41. The normalized spacial score (nSPS) is 13.8. The lowest BCUT2D eigenvalue weighted by Crippen LogP contribution is -2.44. The number of carboxylic acids is 1. The molecule has 0 aliphatic rings. The van der Waals surface area contributed by atoms with Gasteiger partial charge in [-0.1, -0.05) is 13.8 Å². The van der Waals surface area contributed by atoms with E-state index in [0.29, 0.717) is 12.1 Å². The molecule has 0 radical (unpaired) electrons. The topological polar surface area (TPSA) is 127 Å². The van der Waals surface area contributed by atoms with Gasteiger partial charge in [0.15, 0.2) is 0 Å². The maximum absolute atomic E-state index is 13.0. The maximum Gasteiger partial charge on any atom is 0.417 e. The Morgan fingerprint density at radius 3 is 2.25 bits per heavy atom. The van der Waals surface area contributed by atoms with E-state index in [2.05, 4.69) is 0 Å². The highest BCUT2D eigenvalue weighted by molar-refractivity contribution is 7.89. The van der Waals surface area contributed by atoms with Crippen LogP contribution in [0.2, 0.25) is 0 Å². The number of nitro groups is 1. The molecule has 134 valence electrons. The summed E-state index contributed by atoms with van der Waals surface area (Å²) in [6.07, 6.45) is -5.19. The number of rotatable bonds is 6. The minimum atomic E-state index is -5.19. The fraction of sp³-hybridized carbons (Fsp3) is 0.417. The molecule has 1 rings (SSSR count). The number of hydrogen-bond acceptors (Lipinski definition) is 5. The third-order valence-corrected chi connectivity index (χ3v) is 4.48. The molecule has 0 aromatic heterocycles. The second-order valence-electron chi connectivity index (χ2n) is 5.12. The molecular weight excluding hydrogens is 357 g/mol. The highest BCUT2D eigenvalue weighted by atomic mass is 32.2. The van der Waals surface area contributed by atoms with Crippen LogP contribution < -0.4 is 4.72 Å². The summed E-state index contributed by atoms with van der Waals surface area (Å²) in [4.78, 5) is 19.2. The van der Waals surface area contributed by atoms with Crippen LogP contribution >= 0.6 is 0 Å². The first-order chi connectivity index (χ1) is 10.8. The van der Waals surface area contributed by atoms with Crippen LogP contribution in [0.15, 0.2) is 23.1 Å². The molecule has 0 aliphatic heterocycles. The quantitative estimate of drug-likeness (QED) is 0.582. The molecule has 0 saturated heterocycles. The summed E-state index contributed by atoms with van der Waals surface area (Å²) in [5.41, 5.74) is -2.70. The summed E-state index contributed by atoms with van der Waals surface area (Å²) < 4.78 is 65.1. The molecule has 0 amide bonds. The Bertz CT molecular complexity index is 761. The molecular formula is C12H13F3N2O6S. The van der Waals surface area contributed by atoms with E-state index in [-0.39, 0.29) is 6.07 Å². The fourth-order valence-corrected chi connectivity index (χ4v) is 3.34. The molecule has 0 bridgehead atoms. The van der Waals surface area contributed by atoms with Gasteiger partial charge >= 0.3 is 12.1 Å². The molecule has 1 aromatic rings. The summed E-state index contributed by atoms with van der Waals surface area (Å²) >= 11 is 0. The Kier molecular flexibility index (Phi) is 5.56. The molecule has 1 atom stereocenters. The minimum absolute atomic E-state index is 0.0830. The number of nitrogens with one attached hydrogen (secondary N) is 1. The van der Waals surface area contributed by atoms with Crippen LogP contribution in [-0.2, 0) is 21.0 Å². The smallest absolute Gasteiger partial charge is 0.417 e. The zero-order chi connectivity index (χ0) is 18.9. The number of hydrogen-bond donors (Lipinski definition) is 2. The predicted octanol–water partition coefficient (Wildman–Crippen LogP) is 2.00. The summed E-state index contributed by atoms with van der Waals surface area (Å²) in [5.74, 6) is -2.31. The van der Waals surface area contributed by atoms with Crippen molar-refractivity contribution in [2.45, 2.75) is 31.0 Å². The Balaban J connectivity index is 3.48. The number of aliphatic carboxylic acids is 1. The summed E-state index contributed by atoms with van der Waals surface area (Å²) in [7, 11) is -4.88. The molecule has 12 heteroatoms. The van der Waals surface area contributed by atoms with Crippen molar-refractivity contribution in [1.29, 1.82) is 0 Å². The van der Waals surface area contributed by atoms with Crippen molar-refractivity contribution in [1.82, 2.24) is 4.72 Å². The molecule has 0 spiro atoms. The molecule has 8 nitrogen and oxygen atoms in total. The first-order valence-electron chi connectivity index (χ1n) is 6.38. The predicted molar refractivity (Wildman–Crippen MR) is 74.7 cm³/mol. The second kappa shape index (κ2) is 6.73. The second-order valence-corrected chi connectivity index (χ2v) is 6.80. The van der Waals surface area contributed by atoms with Gasteiger partial charge in [-0.15, -0.1) is 0 Å². The number of carbonyl (C=O) groups is 1. The average Bonchev–Trinajstić information content (AvgIpc) is 2.42. The van der Waals surface area contributed by atoms with Gasteiger partial charge in [0.1, 0.15) is 6.04 Å². The fourth-order valence-electron chi connectivity index (χ4n) is 1.79. The zero-order valence-corrected chi connectivity index (χ0v) is 13.2. The highest BCUT2D eigenvalue weighted by Crippen LogP contribution is 2.36. The van der Waals surface area contributed by atoms with E-state index in [1.807, 2.05) is 0 Å². The number of halogens is 3. The third-order valence-electron chi connectivity index (χ3n) is 2.98. The van der Waals surface area contributed by atoms with E-state index in [1.54, 1.807) is 4.72 Å². The van der Waals surface area contributed by atoms with E-state index in [1.165, 1.54) is 13.8 Å². The molecule has 0 heterocycles. The van der Waals surface area contributed by atoms with E-state index >= 15 is 0 Å². The van der Waals surface area contributed by atoms with Gasteiger partial charge < -0.3 is 5.11 Å². The van der Waals surface area contributed by atoms with Crippen LogP contribution in [0.3, 0.4) is 0 Å². The molecule has 0 saturated carbocycles. The molecule has 0 fully saturated rings. The van der Waals surface area contributed by atoms with Crippen LogP contribution in [0.1, 0.15) is 19.4 Å². The number of nitro benzene ring substituents is 1. The van der Waals surface area contributed by atoms with E-state index in [9.17, 15) is 36.5 Å². The number of alkyl halides is 3. The lowest BCUT2D eigenvalue weighted by atomic mass is 10.1. The van der Waals surface area contributed by atoms with Crippen molar-refractivity contribution in [3.8, 4) is 0 Å². The number of sulfonamides is 1. The van der Waals surface area contributed by atoms with E-state index in [4.69, 9.17) is 5.11 Å². The standard InChI is InChI=1S/C12H13F3N2O6S/c1-6(2)10(11(18)19)16-24(22,23)9-4-3-7(17(20)21)5-8(9)12(13,14)15/h3-6,10,16H,1-2H3,(H,18,19)/t10-/m0/s1. The lowest BCUT2D eigenvalue weighted by Gasteiger charge is -2.19. The first-order valence-corrected chi connectivity index (χ1v) is 7.86. The van der Waals surface area contributed by atoms with Crippen molar-refractivity contribution >= 4 is 21.7 Å². The minimum Gasteiger partial charge on any atom is -0.480 e. The van der Waals surface area contributed by atoms with Crippen molar-refractivity contribution in [3.63, 3.8) is 0 Å². The first kappa shape index (κ1) is 19.8. The van der Waals surface area contributed by atoms with Crippen molar-refractivity contribution < 1.29 is 36.4 Å². The number of carboxylic acid groups (broad SMARTS) is 1. The van der Waals surface area contributed by atoms with Gasteiger partial charge in [-0.2, -0.15) is 17.9 Å². The van der Waals surface area contributed by atoms with Gasteiger partial charge in [0.25, 0.3) is 5.69 Å². The van der Waals surface area contributed by atoms with Crippen LogP contribution in [0.25, 0.3) is 0 Å². The number of nitrogens with zero attached hydrogens (tertiary/aromatic N) is 1. The van der Waals surface area contributed by atoms with Crippen molar-refractivity contribution in [2.75, 3.05) is 0 Å². The molecule has 0 unspecified atom stereocenters. The van der Waals surface area contributed by atoms with Gasteiger partial charge in [0.05, 0.1) is 15.4 Å². The van der Waals surface area contributed by atoms with E-state index < -0.39 is 55.2 Å². The summed E-state index contributed by atoms with van der Waals surface area (Å²) in [6.45, 7) is 2.73. The van der Waals surface area contributed by atoms with Gasteiger partial charge in [-0.3, -0.25) is 14.9 Å². The highest BCUT2D eigenvalue weighted by Gasteiger charge is 2.40.